The maximum absolute atomic E-state index is 2.50. The lowest BCUT2D eigenvalue weighted by Gasteiger charge is -2.49. The van der Waals surface area contributed by atoms with Crippen molar-refractivity contribution in [3.63, 3.8) is 0 Å². The zero-order valence-corrected chi connectivity index (χ0v) is 13.2. The Balaban J connectivity index is 3.58. The van der Waals surface area contributed by atoms with Crippen LogP contribution in [0.2, 0.25) is 0 Å². The van der Waals surface area contributed by atoms with Crippen LogP contribution < -0.4 is 0 Å². The molecule has 0 nitrogen and oxygen atoms in total. The largest absolute Gasteiger partial charge is 0.0648 e. The molecule has 0 bridgehead atoms. The summed E-state index contributed by atoms with van der Waals surface area (Å²) in [5.41, 5.74) is 1.83. The Morgan fingerprint density at radius 3 is 0.875 bits per heavy atom. The molecule has 96 valence electrons. The predicted octanol–water partition coefficient (Wildman–Crippen LogP) is 5.52. The first kappa shape index (κ1) is 14.1. The van der Waals surface area contributed by atoms with Gasteiger partial charge in [-0.25, -0.2) is 0 Å². The number of rotatable bonds is 1. The Labute approximate surface area is 103 Å². The van der Waals surface area contributed by atoms with E-state index in [1.807, 2.05) is 0 Å². The Hall–Kier alpha value is 0. The van der Waals surface area contributed by atoms with Crippen molar-refractivity contribution in [2.45, 2.75) is 75.7 Å². The van der Waals surface area contributed by atoms with Gasteiger partial charge in [0, 0.05) is 0 Å². The van der Waals surface area contributed by atoms with Crippen LogP contribution in [0.15, 0.2) is 0 Å². The highest BCUT2D eigenvalue weighted by Crippen LogP contribution is 2.78. The molecule has 0 aromatic rings. The van der Waals surface area contributed by atoms with Crippen LogP contribution in [-0.4, -0.2) is 0 Å². The Morgan fingerprint density at radius 1 is 0.500 bits per heavy atom. The van der Waals surface area contributed by atoms with E-state index in [1.54, 1.807) is 0 Å². The summed E-state index contributed by atoms with van der Waals surface area (Å²) < 4.78 is 0. The molecule has 0 amide bonds. The topological polar surface area (TPSA) is 0 Å². The van der Waals surface area contributed by atoms with Gasteiger partial charge >= 0.3 is 0 Å². The molecule has 1 rings (SSSR count). The molecule has 16 heavy (non-hydrogen) atoms. The van der Waals surface area contributed by atoms with Gasteiger partial charge < -0.3 is 0 Å². The normalized spacial score (nSPS) is 32.6. The smallest absolute Gasteiger partial charge is 0.0215 e. The van der Waals surface area contributed by atoms with Gasteiger partial charge in [-0.1, -0.05) is 69.2 Å². The third kappa shape index (κ3) is 1.03. The molecule has 0 unspecified atom stereocenters. The van der Waals surface area contributed by atoms with Crippen LogP contribution in [-0.2, 0) is 0 Å². The minimum atomic E-state index is 0.355. The highest BCUT2D eigenvalue weighted by molar-refractivity contribution is 5.20. The van der Waals surface area contributed by atoms with Gasteiger partial charge in [-0.3, -0.25) is 0 Å². The lowest BCUT2D eigenvalue weighted by atomic mass is 9.55. The van der Waals surface area contributed by atoms with E-state index in [0.717, 1.165) is 0 Å². The first-order chi connectivity index (χ1) is 6.81. The molecule has 0 atom stereocenters. The van der Waals surface area contributed by atoms with Crippen molar-refractivity contribution in [2.75, 3.05) is 0 Å². The molecule has 0 spiro atoms. The van der Waals surface area contributed by atoms with Crippen molar-refractivity contribution in [1.29, 1.82) is 0 Å². The van der Waals surface area contributed by atoms with Crippen molar-refractivity contribution < 1.29 is 0 Å². The van der Waals surface area contributed by atoms with Gasteiger partial charge in [-0.05, 0) is 33.5 Å². The fourth-order valence-electron chi connectivity index (χ4n) is 4.61. The molecule has 1 aliphatic carbocycles. The van der Waals surface area contributed by atoms with Crippen LogP contribution in [0.5, 0.6) is 0 Å². The van der Waals surface area contributed by atoms with Crippen LogP contribution in [0, 0.1) is 27.1 Å². The molecule has 0 aromatic heterocycles. The minimum Gasteiger partial charge on any atom is -0.0648 e. The molecular formula is C16H32. The van der Waals surface area contributed by atoms with Crippen molar-refractivity contribution in [1.82, 2.24) is 0 Å². The van der Waals surface area contributed by atoms with Gasteiger partial charge in [-0.2, -0.15) is 0 Å². The summed E-state index contributed by atoms with van der Waals surface area (Å²) in [5, 5.41) is 0. The van der Waals surface area contributed by atoms with Crippen molar-refractivity contribution in [3.8, 4) is 0 Å². The van der Waals surface area contributed by atoms with E-state index in [2.05, 4.69) is 69.2 Å². The highest BCUT2D eigenvalue weighted by Gasteiger charge is 2.72. The third-order valence-electron chi connectivity index (χ3n) is 8.15. The zero-order valence-electron chi connectivity index (χ0n) is 13.2. The maximum atomic E-state index is 2.50. The van der Waals surface area contributed by atoms with Crippen molar-refractivity contribution >= 4 is 0 Å². The number of hydrogen-bond donors (Lipinski definition) is 0. The van der Waals surface area contributed by atoms with E-state index in [4.69, 9.17) is 0 Å². The number of hydrogen-bond acceptors (Lipinski definition) is 0. The van der Waals surface area contributed by atoms with E-state index in [1.165, 1.54) is 6.42 Å². The first-order valence-electron chi connectivity index (χ1n) is 6.81. The monoisotopic (exact) mass is 224 g/mol. The van der Waals surface area contributed by atoms with Crippen LogP contribution >= 0.6 is 0 Å². The van der Waals surface area contributed by atoms with Gasteiger partial charge in [0.15, 0.2) is 0 Å². The molecule has 0 heterocycles. The average Bonchev–Trinajstić information content (AvgIpc) is 2.18. The fourth-order valence-corrected chi connectivity index (χ4v) is 4.61. The third-order valence-corrected chi connectivity index (χ3v) is 8.15. The maximum Gasteiger partial charge on any atom is -0.0215 e. The minimum absolute atomic E-state index is 0.355. The fraction of sp³-hybridized carbons (Fsp3) is 1.00. The molecule has 0 heteroatoms. The van der Waals surface area contributed by atoms with Crippen LogP contribution in [0.25, 0.3) is 0 Å². The lowest BCUT2D eigenvalue weighted by Crippen LogP contribution is -2.42. The Bertz CT molecular complexity index is 263. The van der Waals surface area contributed by atoms with Crippen LogP contribution in [0.3, 0.4) is 0 Å². The lowest BCUT2D eigenvalue weighted by molar-refractivity contribution is -0.00954. The zero-order chi connectivity index (χ0) is 13.2. The van der Waals surface area contributed by atoms with Gasteiger partial charge in [0.25, 0.3) is 0 Å². The summed E-state index contributed by atoms with van der Waals surface area (Å²) >= 11 is 0. The molecule has 1 aliphatic rings. The second-order valence-electron chi connectivity index (χ2n) is 8.19. The van der Waals surface area contributed by atoms with E-state index in [-0.39, 0.29) is 0 Å². The van der Waals surface area contributed by atoms with Gasteiger partial charge in [0.1, 0.15) is 0 Å². The van der Waals surface area contributed by atoms with E-state index in [9.17, 15) is 0 Å². The quantitative estimate of drug-likeness (QED) is 0.550. The molecule has 0 radical (unpaired) electrons. The summed E-state index contributed by atoms with van der Waals surface area (Å²) in [6.07, 6.45) is 1.26. The molecule has 1 saturated carbocycles. The van der Waals surface area contributed by atoms with Crippen molar-refractivity contribution in [2.24, 2.45) is 27.1 Å². The molecule has 0 aliphatic heterocycles. The molecule has 0 aromatic carbocycles. The Morgan fingerprint density at radius 2 is 0.750 bits per heavy atom. The summed E-state index contributed by atoms with van der Waals surface area (Å²) in [6.45, 7) is 24.7. The van der Waals surface area contributed by atoms with Gasteiger partial charge in [0.05, 0.1) is 0 Å². The Kier molecular flexibility index (Phi) is 2.69. The second-order valence-corrected chi connectivity index (χ2v) is 8.19. The van der Waals surface area contributed by atoms with Crippen molar-refractivity contribution in [3.05, 3.63) is 0 Å². The van der Waals surface area contributed by atoms with E-state index in [0.29, 0.717) is 27.1 Å². The SMILES string of the molecule is CCC1(C)C(C)(C)C(C)(C)C(C)(C)C1(C)C. The molecule has 0 N–H and O–H groups in total. The van der Waals surface area contributed by atoms with Crippen LogP contribution in [0.1, 0.15) is 75.7 Å². The highest BCUT2D eigenvalue weighted by atomic mass is 14.8. The summed E-state index contributed by atoms with van der Waals surface area (Å²) in [7, 11) is 0. The predicted molar refractivity (Wildman–Crippen MR) is 73.5 cm³/mol. The molecule has 0 saturated heterocycles. The second kappa shape index (κ2) is 3.06. The van der Waals surface area contributed by atoms with Gasteiger partial charge in [0.2, 0.25) is 0 Å². The summed E-state index contributed by atoms with van der Waals surface area (Å²) in [4.78, 5) is 0. The van der Waals surface area contributed by atoms with E-state index >= 15 is 0 Å². The summed E-state index contributed by atoms with van der Waals surface area (Å²) in [6, 6.07) is 0. The van der Waals surface area contributed by atoms with Crippen LogP contribution in [0.4, 0.5) is 0 Å². The van der Waals surface area contributed by atoms with Gasteiger partial charge in [-0.15, -0.1) is 0 Å². The standard InChI is InChI=1S/C16H32/c1-11-16(10)14(6,7)12(2,3)13(4,5)15(16,8)9/h11H2,1-10H3. The molecule has 1 fully saturated rings. The summed E-state index contributed by atoms with van der Waals surface area (Å²) in [5.74, 6) is 0. The average molecular weight is 224 g/mol. The first-order valence-corrected chi connectivity index (χ1v) is 6.81. The molecular weight excluding hydrogens is 192 g/mol. The van der Waals surface area contributed by atoms with E-state index < -0.39 is 0 Å².